The lowest BCUT2D eigenvalue weighted by molar-refractivity contribution is 0.727. The van der Waals surface area contributed by atoms with Crippen molar-refractivity contribution < 1.29 is 0 Å². The SMILES string of the molecule is CC(Cc1ccc(Cl)nn1)c1ccc2ncccc2c1. The quantitative estimate of drug-likeness (QED) is 0.728. The van der Waals surface area contributed by atoms with Gasteiger partial charge in [-0.05, 0) is 48.2 Å². The summed E-state index contributed by atoms with van der Waals surface area (Å²) in [7, 11) is 0. The van der Waals surface area contributed by atoms with Crippen LogP contribution in [0, 0.1) is 0 Å². The summed E-state index contributed by atoms with van der Waals surface area (Å²) < 4.78 is 0. The third-order valence-corrected chi connectivity index (χ3v) is 3.60. The second-order valence-electron chi connectivity index (χ2n) is 4.91. The smallest absolute Gasteiger partial charge is 0.151 e. The fraction of sp³-hybridized carbons (Fsp3) is 0.188. The van der Waals surface area contributed by atoms with Crippen LogP contribution < -0.4 is 0 Å². The van der Waals surface area contributed by atoms with Gasteiger partial charge in [0.25, 0.3) is 0 Å². The van der Waals surface area contributed by atoms with Crippen LogP contribution in [0.3, 0.4) is 0 Å². The van der Waals surface area contributed by atoms with Crippen molar-refractivity contribution in [3.63, 3.8) is 0 Å². The summed E-state index contributed by atoms with van der Waals surface area (Å²) in [6.07, 6.45) is 2.66. The molecule has 2 heterocycles. The largest absolute Gasteiger partial charge is 0.256 e. The molecule has 1 atom stereocenters. The lowest BCUT2D eigenvalue weighted by atomic mass is 9.95. The van der Waals surface area contributed by atoms with Crippen LogP contribution in [0.5, 0.6) is 0 Å². The molecule has 3 nitrogen and oxygen atoms in total. The molecule has 0 aliphatic rings. The predicted octanol–water partition coefficient (Wildman–Crippen LogP) is 4.02. The van der Waals surface area contributed by atoms with Crippen LogP contribution in [-0.2, 0) is 6.42 Å². The molecule has 0 N–H and O–H groups in total. The molecule has 4 heteroatoms. The van der Waals surface area contributed by atoms with E-state index in [1.54, 1.807) is 6.07 Å². The Morgan fingerprint density at radius 3 is 2.80 bits per heavy atom. The number of hydrogen-bond donors (Lipinski definition) is 0. The van der Waals surface area contributed by atoms with Crippen LogP contribution in [0.25, 0.3) is 10.9 Å². The summed E-state index contributed by atoms with van der Waals surface area (Å²) >= 11 is 5.75. The van der Waals surface area contributed by atoms with Gasteiger partial charge < -0.3 is 0 Å². The summed E-state index contributed by atoms with van der Waals surface area (Å²) in [4.78, 5) is 4.34. The molecular formula is C16H14ClN3. The highest BCUT2D eigenvalue weighted by atomic mass is 35.5. The third-order valence-electron chi connectivity index (χ3n) is 3.40. The molecule has 3 rings (SSSR count). The first kappa shape index (κ1) is 13.0. The lowest BCUT2D eigenvalue weighted by Gasteiger charge is -2.12. The van der Waals surface area contributed by atoms with E-state index in [1.165, 1.54) is 10.9 Å². The Hall–Kier alpha value is -2.00. The average Bonchev–Trinajstić information content (AvgIpc) is 2.49. The number of rotatable bonds is 3. The molecule has 3 aromatic rings. The van der Waals surface area contributed by atoms with Crippen molar-refractivity contribution >= 4 is 22.5 Å². The van der Waals surface area contributed by atoms with Gasteiger partial charge in [0, 0.05) is 11.6 Å². The maximum atomic E-state index is 5.75. The maximum Gasteiger partial charge on any atom is 0.151 e. The maximum absolute atomic E-state index is 5.75. The molecule has 0 fully saturated rings. The van der Waals surface area contributed by atoms with Gasteiger partial charge in [-0.2, -0.15) is 5.10 Å². The van der Waals surface area contributed by atoms with Crippen LogP contribution in [0.1, 0.15) is 24.1 Å². The molecule has 0 amide bonds. The summed E-state index contributed by atoms with van der Waals surface area (Å²) in [6, 6.07) is 14.1. The van der Waals surface area contributed by atoms with Crippen LogP contribution >= 0.6 is 11.6 Å². The fourth-order valence-electron chi connectivity index (χ4n) is 2.28. The molecule has 0 bridgehead atoms. The van der Waals surface area contributed by atoms with Gasteiger partial charge in [-0.1, -0.05) is 30.7 Å². The topological polar surface area (TPSA) is 38.7 Å². The monoisotopic (exact) mass is 283 g/mol. The number of halogens is 1. The first-order chi connectivity index (χ1) is 9.72. The Balaban J connectivity index is 1.84. The summed E-state index contributed by atoms with van der Waals surface area (Å²) in [5, 5.41) is 9.59. The van der Waals surface area contributed by atoms with Crippen molar-refractivity contribution in [3.05, 3.63) is 65.1 Å². The van der Waals surface area contributed by atoms with Gasteiger partial charge in [-0.15, -0.1) is 5.10 Å². The number of hydrogen-bond acceptors (Lipinski definition) is 3. The van der Waals surface area contributed by atoms with Crippen molar-refractivity contribution in [3.8, 4) is 0 Å². The highest BCUT2D eigenvalue weighted by Gasteiger charge is 2.09. The van der Waals surface area contributed by atoms with Crippen molar-refractivity contribution in [1.82, 2.24) is 15.2 Å². The van der Waals surface area contributed by atoms with Crippen LogP contribution in [-0.4, -0.2) is 15.2 Å². The molecule has 0 spiro atoms. The number of aromatic nitrogens is 3. The summed E-state index contributed by atoms with van der Waals surface area (Å²) in [6.45, 7) is 2.19. The van der Waals surface area contributed by atoms with Gasteiger partial charge >= 0.3 is 0 Å². The number of nitrogens with zero attached hydrogens (tertiary/aromatic N) is 3. The Kier molecular flexibility index (Phi) is 3.61. The predicted molar refractivity (Wildman–Crippen MR) is 80.9 cm³/mol. The van der Waals surface area contributed by atoms with E-state index < -0.39 is 0 Å². The number of benzene rings is 1. The van der Waals surface area contributed by atoms with Crippen LogP contribution in [0.15, 0.2) is 48.7 Å². The molecule has 20 heavy (non-hydrogen) atoms. The van der Waals surface area contributed by atoms with Crippen molar-refractivity contribution in [2.24, 2.45) is 0 Å². The van der Waals surface area contributed by atoms with Gasteiger partial charge in [0.1, 0.15) is 0 Å². The summed E-state index contributed by atoms with van der Waals surface area (Å²) in [5.41, 5.74) is 3.25. The van der Waals surface area contributed by atoms with Crippen molar-refractivity contribution in [2.45, 2.75) is 19.3 Å². The molecule has 0 aliphatic carbocycles. The zero-order valence-electron chi connectivity index (χ0n) is 11.1. The summed E-state index contributed by atoms with van der Waals surface area (Å²) in [5.74, 6) is 0.370. The van der Waals surface area contributed by atoms with Gasteiger partial charge in [-0.25, -0.2) is 0 Å². The fourth-order valence-corrected chi connectivity index (χ4v) is 2.39. The molecular weight excluding hydrogens is 270 g/mol. The van der Waals surface area contributed by atoms with Gasteiger partial charge in [-0.3, -0.25) is 4.98 Å². The highest BCUT2D eigenvalue weighted by Crippen LogP contribution is 2.23. The molecule has 2 aromatic heterocycles. The lowest BCUT2D eigenvalue weighted by Crippen LogP contribution is -2.01. The molecule has 1 aromatic carbocycles. The molecule has 1 unspecified atom stereocenters. The number of pyridine rings is 1. The second kappa shape index (κ2) is 5.55. The zero-order chi connectivity index (χ0) is 13.9. The van der Waals surface area contributed by atoms with E-state index in [2.05, 4.69) is 46.4 Å². The van der Waals surface area contributed by atoms with Crippen LogP contribution in [0.4, 0.5) is 0 Å². The Labute approximate surface area is 122 Å². The highest BCUT2D eigenvalue weighted by molar-refractivity contribution is 6.29. The van der Waals surface area contributed by atoms with E-state index in [0.29, 0.717) is 11.1 Å². The normalized spacial score (nSPS) is 12.5. The van der Waals surface area contributed by atoms with Crippen molar-refractivity contribution in [2.75, 3.05) is 0 Å². The van der Waals surface area contributed by atoms with Crippen molar-refractivity contribution in [1.29, 1.82) is 0 Å². The molecule has 0 saturated carbocycles. The Morgan fingerprint density at radius 1 is 1.10 bits per heavy atom. The molecule has 0 radical (unpaired) electrons. The van der Waals surface area contributed by atoms with Gasteiger partial charge in [0.15, 0.2) is 5.15 Å². The molecule has 100 valence electrons. The van der Waals surface area contributed by atoms with E-state index in [0.717, 1.165) is 17.6 Å². The molecule has 0 saturated heterocycles. The zero-order valence-corrected chi connectivity index (χ0v) is 11.9. The van der Waals surface area contributed by atoms with Crippen LogP contribution in [0.2, 0.25) is 5.15 Å². The van der Waals surface area contributed by atoms with E-state index in [-0.39, 0.29) is 0 Å². The third kappa shape index (κ3) is 2.78. The first-order valence-electron chi connectivity index (χ1n) is 6.55. The minimum atomic E-state index is 0.370. The van der Waals surface area contributed by atoms with E-state index >= 15 is 0 Å². The minimum absolute atomic E-state index is 0.370. The second-order valence-corrected chi connectivity index (χ2v) is 5.30. The Morgan fingerprint density at radius 2 is 2.00 bits per heavy atom. The minimum Gasteiger partial charge on any atom is -0.256 e. The first-order valence-corrected chi connectivity index (χ1v) is 6.93. The average molecular weight is 284 g/mol. The standard InChI is InChI=1S/C16H14ClN3/c1-11(9-14-5-7-16(17)20-19-14)12-4-6-15-13(10-12)3-2-8-18-15/h2-8,10-11H,9H2,1H3. The van der Waals surface area contributed by atoms with E-state index in [9.17, 15) is 0 Å². The number of fused-ring (bicyclic) bond motifs is 1. The van der Waals surface area contributed by atoms with E-state index in [4.69, 9.17) is 11.6 Å². The van der Waals surface area contributed by atoms with E-state index in [1.807, 2.05) is 18.3 Å². The van der Waals surface area contributed by atoms with Gasteiger partial charge in [0.05, 0.1) is 11.2 Å². The Bertz CT molecular complexity index is 725. The molecule has 0 aliphatic heterocycles. The van der Waals surface area contributed by atoms with Gasteiger partial charge in [0.2, 0.25) is 0 Å².